The zero-order chi connectivity index (χ0) is 14.8. The first kappa shape index (κ1) is 14.9. The summed E-state index contributed by atoms with van der Waals surface area (Å²) in [5, 5.41) is 0. The van der Waals surface area contributed by atoms with Gasteiger partial charge >= 0.3 is 7.60 Å². The number of pyridine rings is 1. The highest BCUT2D eigenvalue weighted by Crippen LogP contribution is 2.55. The molecule has 0 fully saturated rings. The van der Waals surface area contributed by atoms with Crippen LogP contribution in [0.1, 0.15) is 11.3 Å². The molecule has 0 radical (unpaired) electrons. The molecule has 0 unspecified atom stereocenters. The maximum Gasteiger partial charge on any atom is 0.378 e. The van der Waals surface area contributed by atoms with E-state index in [1.54, 1.807) is 12.3 Å². The van der Waals surface area contributed by atoms with E-state index in [-0.39, 0.29) is 0 Å². The fraction of sp³-hybridized carbons (Fsp3) is 0.385. The van der Waals surface area contributed by atoms with Gasteiger partial charge in [0.05, 0.1) is 0 Å². The van der Waals surface area contributed by atoms with E-state index in [2.05, 4.69) is 9.98 Å². The SMILES string of the molecule is COP(=O)(OC)C1=CCc2cccnc2C(N(C)C)=N1. The van der Waals surface area contributed by atoms with Crippen LogP contribution in [0.5, 0.6) is 0 Å². The maximum absolute atomic E-state index is 12.5. The molecule has 0 aromatic carbocycles. The van der Waals surface area contributed by atoms with Crippen LogP contribution in [0.2, 0.25) is 0 Å². The minimum atomic E-state index is -3.37. The second-order valence-corrected chi connectivity index (χ2v) is 6.65. The summed E-state index contributed by atoms with van der Waals surface area (Å²) in [5.41, 5.74) is 2.11. The molecule has 7 heteroatoms. The van der Waals surface area contributed by atoms with Crippen molar-refractivity contribution in [3.05, 3.63) is 41.1 Å². The molecule has 1 aliphatic heterocycles. The number of fused-ring (bicyclic) bond motifs is 1. The molecular weight excluding hydrogens is 277 g/mol. The number of hydrogen-bond donors (Lipinski definition) is 0. The standard InChI is InChI=1S/C13H18N3O3P/c1-16(2)13-12-10(6-5-9-14-12)7-8-11(15-13)20(17,18-3)19-4/h5-6,8-9H,7H2,1-4H3. The fourth-order valence-electron chi connectivity index (χ4n) is 1.96. The van der Waals surface area contributed by atoms with Gasteiger partial charge in [0.15, 0.2) is 11.3 Å². The van der Waals surface area contributed by atoms with Gasteiger partial charge < -0.3 is 13.9 Å². The first-order valence-corrected chi connectivity index (χ1v) is 7.68. The Bertz CT molecular complexity index is 603. The predicted molar refractivity (Wildman–Crippen MR) is 77.9 cm³/mol. The quantitative estimate of drug-likeness (QED) is 0.800. The molecule has 1 aromatic rings. The third kappa shape index (κ3) is 2.68. The Labute approximate surface area is 118 Å². The van der Waals surface area contributed by atoms with Crippen molar-refractivity contribution >= 4 is 13.4 Å². The predicted octanol–water partition coefficient (Wildman–Crippen LogP) is 2.27. The molecule has 0 spiro atoms. The van der Waals surface area contributed by atoms with Crippen molar-refractivity contribution in [2.24, 2.45) is 4.99 Å². The highest BCUT2D eigenvalue weighted by molar-refractivity contribution is 7.58. The lowest BCUT2D eigenvalue weighted by Crippen LogP contribution is -2.25. The summed E-state index contributed by atoms with van der Waals surface area (Å²) < 4.78 is 22.6. The number of aliphatic imine (C=N–C) groups is 1. The highest BCUT2D eigenvalue weighted by atomic mass is 31.2. The van der Waals surface area contributed by atoms with E-state index in [1.807, 2.05) is 31.1 Å². The van der Waals surface area contributed by atoms with Gasteiger partial charge in [-0.1, -0.05) is 6.07 Å². The third-order valence-corrected chi connectivity index (χ3v) is 4.82. The molecule has 108 valence electrons. The van der Waals surface area contributed by atoms with Gasteiger partial charge in [-0.3, -0.25) is 9.55 Å². The van der Waals surface area contributed by atoms with Gasteiger partial charge in [-0.25, -0.2) is 4.99 Å². The molecule has 0 N–H and O–H groups in total. The number of nitrogens with zero attached hydrogens (tertiary/aromatic N) is 3. The number of hydrogen-bond acceptors (Lipinski definition) is 6. The first-order chi connectivity index (χ1) is 9.51. The van der Waals surface area contributed by atoms with Crippen LogP contribution < -0.4 is 0 Å². The van der Waals surface area contributed by atoms with Crippen molar-refractivity contribution in [1.29, 1.82) is 0 Å². The van der Waals surface area contributed by atoms with Gasteiger partial charge in [0.25, 0.3) is 0 Å². The maximum atomic E-state index is 12.5. The van der Waals surface area contributed by atoms with Crippen LogP contribution >= 0.6 is 7.60 Å². The van der Waals surface area contributed by atoms with Gasteiger partial charge in [0.2, 0.25) is 0 Å². The molecular formula is C13H18N3O3P. The summed E-state index contributed by atoms with van der Waals surface area (Å²) in [6.45, 7) is 0. The van der Waals surface area contributed by atoms with Gasteiger partial charge in [0.1, 0.15) is 5.69 Å². The number of rotatable bonds is 3. The van der Waals surface area contributed by atoms with Crippen molar-refractivity contribution in [2.45, 2.75) is 6.42 Å². The molecule has 6 nitrogen and oxygen atoms in total. The van der Waals surface area contributed by atoms with E-state index < -0.39 is 7.60 Å². The lowest BCUT2D eigenvalue weighted by Gasteiger charge is -2.18. The molecule has 0 aliphatic carbocycles. The lowest BCUT2D eigenvalue weighted by atomic mass is 10.1. The lowest BCUT2D eigenvalue weighted by molar-refractivity contribution is 0.282. The van der Waals surface area contributed by atoms with Crippen LogP contribution in [0.25, 0.3) is 0 Å². The van der Waals surface area contributed by atoms with Crippen LogP contribution in [0, 0.1) is 0 Å². The Morgan fingerprint density at radius 3 is 2.60 bits per heavy atom. The van der Waals surface area contributed by atoms with Crippen molar-refractivity contribution < 1.29 is 13.6 Å². The molecule has 0 saturated carbocycles. The van der Waals surface area contributed by atoms with E-state index >= 15 is 0 Å². The summed E-state index contributed by atoms with van der Waals surface area (Å²) >= 11 is 0. The zero-order valence-corrected chi connectivity index (χ0v) is 12.9. The van der Waals surface area contributed by atoms with Crippen molar-refractivity contribution in [3.8, 4) is 0 Å². The van der Waals surface area contributed by atoms with Gasteiger partial charge in [0, 0.05) is 34.5 Å². The average Bonchev–Trinajstić information content (AvgIpc) is 2.66. The molecule has 1 aromatic heterocycles. The monoisotopic (exact) mass is 295 g/mol. The largest absolute Gasteiger partial charge is 0.378 e. The van der Waals surface area contributed by atoms with Gasteiger partial charge in [-0.05, 0) is 24.1 Å². The number of amidine groups is 1. The van der Waals surface area contributed by atoms with E-state index in [9.17, 15) is 4.57 Å². The van der Waals surface area contributed by atoms with E-state index in [1.165, 1.54) is 14.2 Å². The van der Waals surface area contributed by atoms with E-state index in [4.69, 9.17) is 9.05 Å². The summed E-state index contributed by atoms with van der Waals surface area (Å²) in [6.07, 6.45) is 4.07. The van der Waals surface area contributed by atoms with Crippen molar-refractivity contribution in [3.63, 3.8) is 0 Å². The van der Waals surface area contributed by atoms with Crippen LogP contribution in [-0.4, -0.2) is 44.0 Å². The van der Waals surface area contributed by atoms with Crippen molar-refractivity contribution in [1.82, 2.24) is 9.88 Å². The van der Waals surface area contributed by atoms with E-state index in [0.717, 1.165) is 11.3 Å². The summed E-state index contributed by atoms with van der Waals surface area (Å²) in [6, 6.07) is 3.85. The Morgan fingerprint density at radius 2 is 2.00 bits per heavy atom. The second kappa shape index (κ2) is 5.87. The molecule has 1 aliphatic rings. The fourth-order valence-corrected chi connectivity index (χ4v) is 3.01. The van der Waals surface area contributed by atoms with E-state index in [0.29, 0.717) is 17.7 Å². The first-order valence-electron chi connectivity index (χ1n) is 6.14. The van der Waals surface area contributed by atoms with Gasteiger partial charge in [-0.15, -0.1) is 0 Å². The molecule has 20 heavy (non-hydrogen) atoms. The Kier molecular flexibility index (Phi) is 4.38. The van der Waals surface area contributed by atoms with Crippen LogP contribution in [0.3, 0.4) is 0 Å². The zero-order valence-electron chi connectivity index (χ0n) is 12.0. The molecule has 0 saturated heterocycles. The van der Waals surface area contributed by atoms with Crippen LogP contribution in [0.4, 0.5) is 0 Å². The molecule has 2 heterocycles. The minimum Gasteiger partial charge on any atom is -0.361 e. The second-order valence-electron chi connectivity index (χ2n) is 4.47. The molecule has 0 amide bonds. The summed E-state index contributed by atoms with van der Waals surface area (Å²) in [4.78, 5) is 10.7. The molecule has 0 atom stereocenters. The highest BCUT2D eigenvalue weighted by Gasteiger charge is 2.30. The minimum absolute atomic E-state index is 0.309. The van der Waals surface area contributed by atoms with Crippen LogP contribution in [-0.2, 0) is 20.0 Å². The normalized spacial score (nSPS) is 15.0. The average molecular weight is 295 g/mol. The topological polar surface area (TPSA) is 64.0 Å². The summed E-state index contributed by atoms with van der Waals surface area (Å²) in [7, 11) is 3.07. The third-order valence-electron chi connectivity index (χ3n) is 3.01. The van der Waals surface area contributed by atoms with Crippen molar-refractivity contribution in [2.75, 3.05) is 28.3 Å². The van der Waals surface area contributed by atoms with Crippen LogP contribution in [0.15, 0.2) is 34.8 Å². The number of aromatic nitrogens is 1. The summed E-state index contributed by atoms with van der Waals surface area (Å²) in [5.74, 6) is 0.638. The molecule has 2 rings (SSSR count). The smallest absolute Gasteiger partial charge is 0.361 e. The Morgan fingerprint density at radius 1 is 1.30 bits per heavy atom. The number of allylic oxidation sites excluding steroid dienone is 1. The molecule has 0 bridgehead atoms. The van der Waals surface area contributed by atoms with Gasteiger partial charge in [-0.2, -0.15) is 0 Å². The Balaban J connectivity index is 2.58. The Hall–Kier alpha value is -1.49.